The highest BCUT2D eigenvalue weighted by Gasteiger charge is 2.21. The standard InChI is InChI=1S/C24H25N3O4S/c1-30-23(29)18-9-5-10-19(13-18)26-22(28)16-32-24-25-14-21(17-7-3-2-4-8-17)27(24)15-20-11-6-12-31-20/h2-5,7-10,13-14,20H,6,11-12,15-16H2,1H3,(H,26,28). The number of thioether (sulfide) groups is 1. The topological polar surface area (TPSA) is 82.5 Å². The molecule has 1 aliphatic rings. The molecule has 1 unspecified atom stereocenters. The molecule has 1 aliphatic heterocycles. The molecule has 0 saturated carbocycles. The molecule has 1 N–H and O–H groups in total. The molecule has 0 radical (unpaired) electrons. The lowest BCUT2D eigenvalue weighted by molar-refractivity contribution is -0.113. The summed E-state index contributed by atoms with van der Waals surface area (Å²) in [6.45, 7) is 1.49. The van der Waals surface area contributed by atoms with E-state index in [4.69, 9.17) is 9.47 Å². The number of amides is 1. The molecule has 8 heteroatoms. The quantitative estimate of drug-likeness (QED) is 0.407. The minimum atomic E-state index is -0.444. The number of esters is 1. The van der Waals surface area contributed by atoms with Gasteiger partial charge in [-0.1, -0.05) is 48.2 Å². The Morgan fingerprint density at radius 2 is 2.06 bits per heavy atom. The summed E-state index contributed by atoms with van der Waals surface area (Å²) < 4.78 is 12.7. The maximum Gasteiger partial charge on any atom is 0.337 e. The largest absolute Gasteiger partial charge is 0.465 e. The second-order valence-corrected chi connectivity index (χ2v) is 8.39. The van der Waals surface area contributed by atoms with E-state index in [9.17, 15) is 9.59 Å². The van der Waals surface area contributed by atoms with Crippen molar-refractivity contribution in [2.75, 3.05) is 24.8 Å². The van der Waals surface area contributed by atoms with Crippen LogP contribution in [-0.4, -0.2) is 47.0 Å². The third-order valence-corrected chi connectivity index (χ3v) is 6.19. The second-order valence-electron chi connectivity index (χ2n) is 7.45. The van der Waals surface area contributed by atoms with Crippen molar-refractivity contribution < 1.29 is 19.1 Å². The molecule has 7 nitrogen and oxygen atoms in total. The van der Waals surface area contributed by atoms with Gasteiger partial charge < -0.3 is 19.4 Å². The fourth-order valence-corrected chi connectivity index (χ4v) is 4.44. The number of ether oxygens (including phenoxy) is 2. The first-order chi connectivity index (χ1) is 15.6. The van der Waals surface area contributed by atoms with Crippen LogP contribution in [-0.2, 0) is 20.8 Å². The van der Waals surface area contributed by atoms with E-state index in [2.05, 4.69) is 27.0 Å². The maximum atomic E-state index is 12.6. The number of rotatable bonds is 8. The lowest BCUT2D eigenvalue weighted by Gasteiger charge is -2.16. The van der Waals surface area contributed by atoms with Crippen LogP contribution >= 0.6 is 11.8 Å². The lowest BCUT2D eigenvalue weighted by atomic mass is 10.1. The van der Waals surface area contributed by atoms with E-state index in [0.717, 1.165) is 35.9 Å². The molecule has 0 spiro atoms. The van der Waals surface area contributed by atoms with Gasteiger partial charge >= 0.3 is 5.97 Å². The van der Waals surface area contributed by atoms with Gasteiger partial charge in [0.2, 0.25) is 5.91 Å². The van der Waals surface area contributed by atoms with Crippen molar-refractivity contribution in [3.05, 3.63) is 66.4 Å². The van der Waals surface area contributed by atoms with E-state index in [-0.39, 0.29) is 17.8 Å². The fourth-order valence-electron chi connectivity index (χ4n) is 3.65. The second kappa shape index (κ2) is 10.5. The molecular formula is C24H25N3O4S. The summed E-state index contributed by atoms with van der Waals surface area (Å²) in [5.74, 6) is -0.427. The molecule has 1 fully saturated rings. The zero-order valence-electron chi connectivity index (χ0n) is 17.8. The van der Waals surface area contributed by atoms with Crippen LogP contribution < -0.4 is 5.32 Å². The first kappa shape index (κ1) is 22.1. The van der Waals surface area contributed by atoms with Gasteiger partial charge in [0.15, 0.2) is 5.16 Å². The Morgan fingerprint density at radius 1 is 1.22 bits per heavy atom. The molecular weight excluding hydrogens is 426 g/mol. The van der Waals surface area contributed by atoms with Gasteiger partial charge in [-0.2, -0.15) is 0 Å². The molecule has 0 aliphatic carbocycles. The summed E-state index contributed by atoms with van der Waals surface area (Å²) in [5.41, 5.74) is 3.02. The highest BCUT2D eigenvalue weighted by Crippen LogP contribution is 2.28. The fraction of sp³-hybridized carbons (Fsp3) is 0.292. The van der Waals surface area contributed by atoms with Gasteiger partial charge in [0.1, 0.15) is 0 Å². The van der Waals surface area contributed by atoms with E-state index in [1.54, 1.807) is 24.3 Å². The van der Waals surface area contributed by atoms with Crippen LogP contribution in [0.15, 0.2) is 66.0 Å². The zero-order valence-corrected chi connectivity index (χ0v) is 18.6. The van der Waals surface area contributed by atoms with Gasteiger partial charge in [0.05, 0.1) is 43.0 Å². The number of benzene rings is 2. The SMILES string of the molecule is COC(=O)c1cccc(NC(=O)CSc2ncc(-c3ccccc3)n2CC2CCCO2)c1. The van der Waals surface area contributed by atoms with Crippen molar-refractivity contribution in [3.63, 3.8) is 0 Å². The first-order valence-electron chi connectivity index (χ1n) is 10.5. The van der Waals surface area contributed by atoms with Gasteiger partial charge in [-0.05, 0) is 36.6 Å². The Morgan fingerprint density at radius 3 is 2.81 bits per heavy atom. The van der Waals surface area contributed by atoms with Gasteiger partial charge in [-0.3, -0.25) is 4.79 Å². The van der Waals surface area contributed by atoms with Crippen molar-refractivity contribution in [2.24, 2.45) is 0 Å². The number of imidazole rings is 1. The summed E-state index contributed by atoms with van der Waals surface area (Å²) in [4.78, 5) is 28.9. The minimum absolute atomic E-state index is 0.154. The molecule has 1 aromatic heterocycles. The average molecular weight is 452 g/mol. The summed E-state index contributed by atoms with van der Waals surface area (Å²) in [5, 5.41) is 3.61. The number of methoxy groups -OCH3 is 1. The van der Waals surface area contributed by atoms with Crippen LogP contribution in [0.2, 0.25) is 0 Å². The normalized spacial score (nSPS) is 15.5. The molecule has 1 amide bonds. The summed E-state index contributed by atoms with van der Waals surface area (Å²) in [6.07, 6.45) is 4.09. The average Bonchev–Trinajstić information content (AvgIpc) is 3.48. The molecule has 166 valence electrons. The van der Waals surface area contributed by atoms with Crippen LogP contribution in [0.3, 0.4) is 0 Å². The number of aromatic nitrogens is 2. The number of nitrogens with one attached hydrogen (secondary N) is 1. The number of hydrogen-bond donors (Lipinski definition) is 1. The molecule has 1 atom stereocenters. The van der Waals surface area contributed by atoms with Gasteiger partial charge in [-0.15, -0.1) is 0 Å². The first-order valence-corrected chi connectivity index (χ1v) is 11.5. The number of carbonyl (C=O) groups is 2. The number of hydrogen-bond acceptors (Lipinski definition) is 6. The van der Waals surface area contributed by atoms with E-state index >= 15 is 0 Å². The lowest BCUT2D eigenvalue weighted by Crippen LogP contribution is -2.18. The van der Waals surface area contributed by atoms with Crippen LogP contribution in [0, 0.1) is 0 Å². The highest BCUT2D eigenvalue weighted by molar-refractivity contribution is 7.99. The van der Waals surface area contributed by atoms with E-state index in [1.165, 1.54) is 18.9 Å². The smallest absolute Gasteiger partial charge is 0.337 e. The minimum Gasteiger partial charge on any atom is -0.465 e. The molecule has 4 rings (SSSR count). The molecule has 0 bridgehead atoms. The summed E-state index contributed by atoms with van der Waals surface area (Å²) in [6, 6.07) is 16.8. The molecule has 1 saturated heterocycles. The van der Waals surface area contributed by atoms with E-state index in [0.29, 0.717) is 17.8 Å². The molecule has 3 aromatic rings. The monoisotopic (exact) mass is 451 g/mol. The molecule has 2 aromatic carbocycles. The summed E-state index contributed by atoms with van der Waals surface area (Å²) in [7, 11) is 1.33. The van der Waals surface area contributed by atoms with Crippen LogP contribution in [0.1, 0.15) is 23.2 Å². The van der Waals surface area contributed by atoms with Crippen molar-refractivity contribution in [1.29, 1.82) is 0 Å². The maximum absolute atomic E-state index is 12.6. The summed E-state index contributed by atoms with van der Waals surface area (Å²) >= 11 is 1.38. The predicted molar refractivity (Wildman–Crippen MR) is 124 cm³/mol. The van der Waals surface area contributed by atoms with Crippen molar-refractivity contribution in [3.8, 4) is 11.3 Å². The van der Waals surface area contributed by atoms with Gasteiger partial charge in [-0.25, -0.2) is 9.78 Å². The molecule has 2 heterocycles. The number of anilines is 1. The van der Waals surface area contributed by atoms with Crippen molar-refractivity contribution in [1.82, 2.24) is 9.55 Å². The Labute approximate surface area is 191 Å². The van der Waals surface area contributed by atoms with Crippen LogP contribution in [0.4, 0.5) is 5.69 Å². The Hall–Kier alpha value is -3.10. The zero-order chi connectivity index (χ0) is 22.3. The number of nitrogens with zero attached hydrogens (tertiary/aromatic N) is 2. The highest BCUT2D eigenvalue weighted by atomic mass is 32.2. The molecule has 32 heavy (non-hydrogen) atoms. The van der Waals surface area contributed by atoms with Crippen molar-refractivity contribution >= 4 is 29.3 Å². The van der Waals surface area contributed by atoms with Crippen molar-refractivity contribution in [2.45, 2.75) is 30.6 Å². The van der Waals surface area contributed by atoms with Gasteiger partial charge in [0.25, 0.3) is 0 Å². The van der Waals surface area contributed by atoms with Gasteiger partial charge in [0, 0.05) is 12.3 Å². The van der Waals surface area contributed by atoms with E-state index < -0.39 is 5.97 Å². The third-order valence-electron chi connectivity index (χ3n) is 5.20. The third kappa shape index (κ3) is 5.38. The van der Waals surface area contributed by atoms with E-state index in [1.807, 2.05) is 24.4 Å². The Kier molecular flexibility index (Phi) is 7.24. The predicted octanol–water partition coefficient (Wildman–Crippen LogP) is 4.25. The van der Waals surface area contributed by atoms with Crippen LogP contribution in [0.5, 0.6) is 0 Å². The Bertz CT molecular complexity index is 1080. The number of carbonyl (C=O) groups excluding carboxylic acids is 2. The van der Waals surface area contributed by atoms with Crippen LogP contribution in [0.25, 0.3) is 11.3 Å². The Balaban J connectivity index is 1.46.